The maximum Gasteiger partial charge on any atom is 0.219 e. The predicted octanol–water partition coefficient (Wildman–Crippen LogP) is 5.02. The number of hydrogen-bond acceptors (Lipinski definition) is 3. The van der Waals surface area contributed by atoms with Crippen LogP contribution < -0.4 is 0 Å². The summed E-state index contributed by atoms with van der Waals surface area (Å²) in [5.74, 6) is -0.0764. The highest BCUT2D eigenvalue weighted by atomic mass is 79.9. The molecule has 110 valence electrons. The monoisotopic (exact) mass is 380 g/mol. The van der Waals surface area contributed by atoms with E-state index in [0.717, 1.165) is 20.1 Å². The highest BCUT2D eigenvalue weighted by Gasteiger charge is 2.19. The summed E-state index contributed by atoms with van der Waals surface area (Å²) in [5, 5.41) is 11.5. The molecule has 0 unspecified atom stereocenters. The van der Waals surface area contributed by atoms with Crippen molar-refractivity contribution in [3.63, 3.8) is 0 Å². The fourth-order valence-electron chi connectivity index (χ4n) is 2.79. The maximum atomic E-state index is 12.8. The number of hydrogen-bond donors (Lipinski definition) is 0. The summed E-state index contributed by atoms with van der Waals surface area (Å²) in [4.78, 5) is 13.4. The molecule has 0 fully saturated rings. The Hall–Kier alpha value is -2.42. The molecule has 0 aliphatic rings. The molecule has 23 heavy (non-hydrogen) atoms. The first-order chi connectivity index (χ1) is 11.2. The van der Waals surface area contributed by atoms with Gasteiger partial charge in [-0.25, -0.2) is 0 Å². The van der Waals surface area contributed by atoms with Gasteiger partial charge in [-0.2, -0.15) is 5.26 Å². The summed E-state index contributed by atoms with van der Waals surface area (Å²) in [6, 6.07) is 17.4. The number of nitrogens with zero attached hydrogens (tertiary/aromatic N) is 2. The second kappa shape index (κ2) is 5.34. The normalized spacial score (nSPS) is 11.0. The Bertz CT molecular complexity index is 1120. The molecule has 0 aliphatic heterocycles. The quantitative estimate of drug-likeness (QED) is 0.458. The van der Waals surface area contributed by atoms with Crippen molar-refractivity contribution in [2.75, 3.05) is 0 Å². The average Bonchev–Trinajstić information content (AvgIpc) is 3.18. The number of fused-ring (bicyclic) bond motifs is 3. The van der Waals surface area contributed by atoms with Crippen LogP contribution in [0.5, 0.6) is 0 Å². The van der Waals surface area contributed by atoms with Gasteiger partial charge in [0, 0.05) is 11.6 Å². The molecule has 0 amide bonds. The van der Waals surface area contributed by atoms with Gasteiger partial charge in [-0.1, -0.05) is 24.3 Å². The van der Waals surface area contributed by atoms with Gasteiger partial charge in [0.15, 0.2) is 0 Å². The van der Waals surface area contributed by atoms with E-state index in [2.05, 4.69) is 22.0 Å². The molecule has 0 radical (unpaired) electrons. The predicted molar refractivity (Wildman–Crippen MR) is 95.1 cm³/mol. The lowest BCUT2D eigenvalue weighted by Crippen LogP contribution is -2.03. The summed E-state index contributed by atoms with van der Waals surface area (Å²) in [7, 11) is 0. The van der Waals surface area contributed by atoms with Gasteiger partial charge in [-0.15, -0.1) is 11.3 Å². The SMILES string of the molecule is N#Cc1cc(C(=O)c2ccc(Br)s2)n2ccc3ccccc3c12. The number of thiophene rings is 1. The van der Waals surface area contributed by atoms with Crippen LogP contribution >= 0.6 is 27.3 Å². The van der Waals surface area contributed by atoms with Crippen molar-refractivity contribution in [2.24, 2.45) is 0 Å². The zero-order valence-electron chi connectivity index (χ0n) is 11.8. The highest BCUT2D eigenvalue weighted by Crippen LogP contribution is 2.29. The molecule has 4 aromatic rings. The topological polar surface area (TPSA) is 45.3 Å². The summed E-state index contributed by atoms with van der Waals surface area (Å²) < 4.78 is 2.73. The molecule has 0 saturated carbocycles. The zero-order chi connectivity index (χ0) is 16.0. The number of benzene rings is 1. The molecule has 5 heteroatoms. The fourth-order valence-corrected chi connectivity index (χ4v) is 4.12. The van der Waals surface area contributed by atoms with Crippen LogP contribution in [-0.2, 0) is 0 Å². The van der Waals surface area contributed by atoms with Gasteiger partial charge in [0.25, 0.3) is 0 Å². The third kappa shape index (κ3) is 2.19. The van der Waals surface area contributed by atoms with E-state index >= 15 is 0 Å². The van der Waals surface area contributed by atoms with E-state index < -0.39 is 0 Å². The molecular weight excluding hydrogens is 372 g/mol. The smallest absolute Gasteiger partial charge is 0.219 e. The van der Waals surface area contributed by atoms with Crippen LogP contribution in [0.2, 0.25) is 0 Å². The fraction of sp³-hybridized carbons (Fsp3) is 0. The lowest BCUT2D eigenvalue weighted by Gasteiger charge is -2.04. The number of halogens is 1. The van der Waals surface area contributed by atoms with Crippen LogP contribution in [0.3, 0.4) is 0 Å². The molecule has 0 saturated heterocycles. The second-order valence-corrected chi connectivity index (χ2v) is 7.57. The average molecular weight is 381 g/mol. The number of aromatic nitrogens is 1. The number of rotatable bonds is 2. The third-order valence-corrected chi connectivity index (χ3v) is 5.43. The third-order valence-electron chi connectivity index (χ3n) is 3.81. The molecular formula is C18H9BrN2OS. The minimum absolute atomic E-state index is 0.0764. The van der Waals surface area contributed by atoms with Crippen molar-refractivity contribution >= 4 is 49.3 Å². The van der Waals surface area contributed by atoms with Gasteiger partial charge in [0.2, 0.25) is 5.78 Å². The molecule has 3 nitrogen and oxygen atoms in total. The van der Waals surface area contributed by atoms with Crippen LogP contribution in [-0.4, -0.2) is 10.2 Å². The van der Waals surface area contributed by atoms with Gasteiger partial charge in [0.05, 0.1) is 25.4 Å². The molecule has 0 spiro atoms. The van der Waals surface area contributed by atoms with Crippen LogP contribution in [0, 0.1) is 11.3 Å². The summed E-state index contributed by atoms with van der Waals surface area (Å²) >= 11 is 4.77. The Morgan fingerprint density at radius 3 is 2.74 bits per heavy atom. The first kappa shape index (κ1) is 14.2. The summed E-state index contributed by atoms with van der Waals surface area (Å²) in [6.45, 7) is 0. The van der Waals surface area contributed by atoms with Gasteiger partial charge in [-0.3, -0.25) is 4.79 Å². The Labute approximate surface area is 144 Å². The van der Waals surface area contributed by atoms with Gasteiger partial charge in [0.1, 0.15) is 6.07 Å². The molecule has 1 aromatic carbocycles. The maximum absolute atomic E-state index is 12.8. The Kier molecular flexibility index (Phi) is 3.29. The first-order valence-corrected chi connectivity index (χ1v) is 8.53. The number of nitriles is 1. The summed E-state index contributed by atoms with van der Waals surface area (Å²) in [5.41, 5.74) is 1.81. The van der Waals surface area contributed by atoms with Gasteiger partial charge >= 0.3 is 0 Å². The van der Waals surface area contributed by atoms with E-state index in [0.29, 0.717) is 16.1 Å². The molecule has 0 aliphatic carbocycles. The molecule has 4 rings (SSSR count). The first-order valence-electron chi connectivity index (χ1n) is 6.92. The molecule has 0 bridgehead atoms. The number of carbonyl (C=O) groups is 1. The largest absolute Gasteiger partial charge is 0.312 e. The molecule has 3 heterocycles. The highest BCUT2D eigenvalue weighted by molar-refractivity contribution is 9.11. The van der Waals surface area contributed by atoms with E-state index in [1.807, 2.05) is 47.0 Å². The van der Waals surface area contributed by atoms with Crippen molar-refractivity contribution in [3.05, 3.63) is 74.6 Å². The standard InChI is InChI=1S/C18H9BrN2OS/c19-16-6-5-15(23-16)18(22)14-9-12(10-20)17-13-4-2-1-3-11(13)7-8-21(14)17/h1-9H. The van der Waals surface area contributed by atoms with Crippen LogP contribution in [0.4, 0.5) is 0 Å². The molecule has 0 atom stereocenters. The number of ketones is 1. The van der Waals surface area contributed by atoms with E-state index in [4.69, 9.17) is 0 Å². The van der Waals surface area contributed by atoms with Crippen LogP contribution in [0.25, 0.3) is 16.3 Å². The number of pyridine rings is 1. The van der Waals surface area contributed by atoms with E-state index in [-0.39, 0.29) is 5.78 Å². The van der Waals surface area contributed by atoms with Crippen molar-refractivity contribution in [1.29, 1.82) is 5.26 Å². The van der Waals surface area contributed by atoms with Crippen molar-refractivity contribution < 1.29 is 4.79 Å². The molecule has 0 N–H and O–H groups in total. The zero-order valence-corrected chi connectivity index (χ0v) is 14.2. The van der Waals surface area contributed by atoms with Crippen LogP contribution in [0.15, 0.2) is 58.5 Å². The Morgan fingerprint density at radius 1 is 1.17 bits per heavy atom. The lowest BCUT2D eigenvalue weighted by molar-refractivity contribution is 0.103. The summed E-state index contributed by atoms with van der Waals surface area (Å²) in [6.07, 6.45) is 1.86. The van der Waals surface area contributed by atoms with Crippen molar-refractivity contribution in [3.8, 4) is 6.07 Å². The minimum Gasteiger partial charge on any atom is -0.312 e. The Balaban J connectivity index is 2.04. The van der Waals surface area contributed by atoms with Crippen molar-refractivity contribution in [1.82, 2.24) is 4.40 Å². The Morgan fingerprint density at radius 2 is 2.00 bits per heavy atom. The minimum atomic E-state index is -0.0764. The van der Waals surface area contributed by atoms with Gasteiger partial charge in [-0.05, 0) is 45.6 Å². The molecule has 3 aromatic heterocycles. The van der Waals surface area contributed by atoms with Crippen LogP contribution in [0.1, 0.15) is 20.9 Å². The number of carbonyl (C=O) groups excluding carboxylic acids is 1. The van der Waals surface area contributed by atoms with E-state index in [1.54, 1.807) is 12.1 Å². The lowest BCUT2D eigenvalue weighted by atomic mass is 10.1. The second-order valence-electron chi connectivity index (χ2n) is 5.11. The van der Waals surface area contributed by atoms with E-state index in [1.165, 1.54) is 11.3 Å². The van der Waals surface area contributed by atoms with E-state index in [9.17, 15) is 10.1 Å². The van der Waals surface area contributed by atoms with Crippen molar-refractivity contribution in [2.45, 2.75) is 0 Å². The van der Waals surface area contributed by atoms with Gasteiger partial charge < -0.3 is 4.40 Å².